The summed E-state index contributed by atoms with van der Waals surface area (Å²) in [6.45, 7) is 0. The van der Waals surface area contributed by atoms with Crippen molar-refractivity contribution in [1.82, 2.24) is 9.38 Å². The second-order valence-corrected chi connectivity index (χ2v) is 7.05. The van der Waals surface area contributed by atoms with E-state index in [1.807, 2.05) is 58.6 Å². The lowest BCUT2D eigenvalue weighted by Gasteiger charge is -2.07. The molecule has 0 saturated heterocycles. The van der Waals surface area contributed by atoms with Crippen molar-refractivity contribution in [3.63, 3.8) is 0 Å². The van der Waals surface area contributed by atoms with E-state index in [0.29, 0.717) is 5.56 Å². The minimum Gasteiger partial charge on any atom is -0.322 e. The van der Waals surface area contributed by atoms with Gasteiger partial charge in [-0.15, -0.1) is 11.3 Å². The largest absolute Gasteiger partial charge is 0.322 e. The van der Waals surface area contributed by atoms with Gasteiger partial charge in [0.1, 0.15) is 0 Å². The molecular weight excluding hydrogens is 386 g/mol. The highest BCUT2D eigenvalue weighted by Crippen LogP contribution is 2.24. The maximum absolute atomic E-state index is 12.4. The van der Waals surface area contributed by atoms with Crippen molar-refractivity contribution < 1.29 is 4.79 Å². The zero-order valence-electron chi connectivity index (χ0n) is 12.4. The van der Waals surface area contributed by atoms with Gasteiger partial charge in [-0.25, -0.2) is 4.98 Å². The fourth-order valence-electron chi connectivity index (χ4n) is 2.46. The maximum atomic E-state index is 12.4. The van der Waals surface area contributed by atoms with E-state index >= 15 is 0 Å². The molecule has 2 aromatic carbocycles. The second kappa shape index (κ2) is 6.22. The Labute approximate surface area is 150 Å². The molecular formula is C18H12BrN3OS. The van der Waals surface area contributed by atoms with Crippen molar-refractivity contribution in [2.24, 2.45) is 0 Å². The number of anilines is 1. The van der Waals surface area contributed by atoms with Crippen molar-refractivity contribution in [3.05, 3.63) is 76.3 Å². The highest BCUT2D eigenvalue weighted by Gasteiger charge is 2.09. The molecule has 1 N–H and O–H groups in total. The second-order valence-electron chi connectivity index (χ2n) is 5.26. The number of fused-ring (bicyclic) bond motifs is 1. The number of carbonyl (C=O) groups excluding carboxylic acids is 1. The first-order valence-corrected chi connectivity index (χ1v) is 8.96. The van der Waals surface area contributed by atoms with E-state index < -0.39 is 0 Å². The van der Waals surface area contributed by atoms with Gasteiger partial charge in [-0.2, -0.15) is 0 Å². The average Bonchev–Trinajstić information content (AvgIpc) is 3.17. The summed E-state index contributed by atoms with van der Waals surface area (Å²) in [4.78, 5) is 17.9. The van der Waals surface area contributed by atoms with Crippen molar-refractivity contribution in [1.29, 1.82) is 0 Å². The maximum Gasteiger partial charge on any atom is 0.255 e. The van der Waals surface area contributed by atoms with Crippen LogP contribution in [0.1, 0.15) is 10.4 Å². The monoisotopic (exact) mass is 397 g/mol. The molecule has 6 heteroatoms. The Hall–Kier alpha value is -2.44. The molecule has 0 bridgehead atoms. The van der Waals surface area contributed by atoms with Gasteiger partial charge in [0.25, 0.3) is 5.91 Å². The number of benzene rings is 2. The number of rotatable bonds is 3. The quantitative estimate of drug-likeness (QED) is 0.523. The molecule has 118 valence electrons. The topological polar surface area (TPSA) is 46.4 Å². The lowest BCUT2D eigenvalue weighted by atomic mass is 10.1. The molecule has 24 heavy (non-hydrogen) atoms. The predicted molar refractivity (Wildman–Crippen MR) is 101 cm³/mol. The number of hydrogen-bond donors (Lipinski definition) is 1. The van der Waals surface area contributed by atoms with Crippen LogP contribution in [0.5, 0.6) is 0 Å². The molecule has 4 rings (SSSR count). The minimum atomic E-state index is -0.140. The number of amides is 1. The van der Waals surface area contributed by atoms with E-state index in [1.165, 1.54) is 0 Å². The van der Waals surface area contributed by atoms with Gasteiger partial charge in [-0.3, -0.25) is 9.20 Å². The molecule has 0 aliphatic heterocycles. The van der Waals surface area contributed by atoms with E-state index in [4.69, 9.17) is 0 Å². The Morgan fingerprint density at radius 3 is 2.88 bits per heavy atom. The van der Waals surface area contributed by atoms with Gasteiger partial charge < -0.3 is 5.32 Å². The van der Waals surface area contributed by atoms with Gasteiger partial charge in [-0.1, -0.05) is 34.1 Å². The summed E-state index contributed by atoms with van der Waals surface area (Å²) in [6, 6.07) is 15.0. The van der Waals surface area contributed by atoms with Gasteiger partial charge in [0.2, 0.25) is 0 Å². The number of halogens is 1. The first kappa shape index (κ1) is 15.1. The zero-order chi connectivity index (χ0) is 16.5. The van der Waals surface area contributed by atoms with Crippen LogP contribution in [-0.2, 0) is 0 Å². The van der Waals surface area contributed by atoms with Crippen molar-refractivity contribution in [3.8, 4) is 11.3 Å². The van der Waals surface area contributed by atoms with E-state index in [2.05, 4.69) is 26.2 Å². The molecule has 0 aliphatic rings. The van der Waals surface area contributed by atoms with Crippen molar-refractivity contribution >= 4 is 43.8 Å². The van der Waals surface area contributed by atoms with Crippen LogP contribution in [0, 0.1) is 0 Å². The van der Waals surface area contributed by atoms with Crippen LogP contribution < -0.4 is 5.32 Å². The number of nitrogens with one attached hydrogen (secondary N) is 1. The fourth-order valence-corrected chi connectivity index (χ4v) is 3.56. The van der Waals surface area contributed by atoms with Crippen LogP contribution in [0.25, 0.3) is 16.2 Å². The van der Waals surface area contributed by atoms with Crippen molar-refractivity contribution in [2.75, 3.05) is 5.32 Å². The number of aromatic nitrogens is 2. The van der Waals surface area contributed by atoms with Crippen molar-refractivity contribution in [2.45, 2.75) is 0 Å². The standard InChI is InChI=1S/C18H12BrN3OS/c19-14-5-1-4-13(9-14)17(23)20-15-6-2-3-12(10-15)16-11-22-7-8-24-18(22)21-16/h1-11H,(H,20,23). The third-order valence-corrected chi connectivity index (χ3v) is 4.86. The lowest BCUT2D eigenvalue weighted by Crippen LogP contribution is -2.11. The SMILES string of the molecule is O=C(Nc1cccc(-c2cn3ccsc3n2)c1)c1cccc(Br)c1. The van der Waals surface area contributed by atoms with Crippen LogP contribution in [0.3, 0.4) is 0 Å². The van der Waals surface area contributed by atoms with Gasteiger partial charge in [0.15, 0.2) is 4.96 Å². The van der Waals surface area contributed by atoms with Crippen LogP contribution >= 0.6 is 27.3 Å². The third kappa shape index (κ3) is 2.98. The Morgan fingerprint density at radius 2 is 2.04 bits per heavy atom. The summed E-state index contributed by atoms with van der Waals surface area (Å²) in [6.07, 6.45) is 3.97. The third-order valence-electron chi connectivity index (χ3n) is 3.60. The molecule has 0 unspecified atom stereocenters. The number of nitrogens with zero attached hydrogens (tertiary/aromatic N) is 2. The molecule has 1 amide bonds. The van der Waals surface area contributed by atoms with E-state index in [-0.39, 0.29) is 5.91 Å². The van der Waals surface area contributed by atoms with Gasteiger partial charge in [0, 0.05) is 39.1 Å². The summed E-state index contributed by atoms with van der Waals surface area (Å²) >= 11 is 4.98. The van der Waals surface area contributed by atoms with Gasteiger partial charge in [0.05, 0.1) is 5.69 Å². The molecule has 0 saturated carbocycles. The molecule has 4 nitrogen and oxygen atoms in total. The summed E-state index contributed by atoms with van der Waals surface area (Å²) in [5.41, 5.74) is 3.21. The summed E-state index contributed by atoms with van der Waals surface area (Å²) in [5, 5.41) is 4.93. The first-order chi connectivity index (χ1) is 11.7. The average molecular weight is 398 g/mol. The Bertz CT molecular complexity index is 1010. The molecule has 0 radical (unpaired) electrons. The molecule has 2 aromatic heterocycles. The lowest BCUT2D eigenvalue weighted by molar-refractivity contribution is 0.102. The van der Waals surface area contributed by atoms with Crippen LogP contribution in [-0.4, -0.2) is 15.3 Å². The minimum absolute atomic E-state index is 0.140. The molecule has 4 aromatic rings. The zero-order valence-corrected chi connectivity index (χ0v) is 14.8. The molecule has 2 heterocycles. The van der Waals surface area contributed by atoms with E-state index in [9.17, 15) is 4.79 Å². The molecule has 0 fully saturated rings. The van der Waals surface area contributed by atoms with E-state index in [1.54, 1.807) is 23.5 Å². The number of imidazole rings is 1. The van der Waals surface area contributed by atoms with Gasteiger partial charge in [-0.05, 0) is 30.3 Å². The highest BCUT2D eigenvalue weighted by molar-refractivity contribution is 9.10. The number of thiazole rings is 1. The fraction of sp³-hybridized carbons (Fsp3) is 0. The molecule has 0 aliphatic carbocycles. The Balaban J connectivity index is 1.60. The molecule has 0 spiro atoms. The predicted octanol–water partition coefficient (Wildman–Crippen LogP) is 5.08. The van der Waals surface area contributed by atoms with E-state index in [0.717, 1.165) is 26.4 Å². The Morgan fingerprint density at radius 1 is 1.17 bits per heavy atom. The van der Waals surface area contributed by atoms with Crippen LogP contribution in [0.4, 0.5) is 5.69 Å². The highest BCUT2D eigenvalue weighted by atomic mass is 79.9. The summed E-state index contributed by atoms with van der Waals surface area (Å²) in [5.74, 6) is -0.140. The number of hydrogen-bond acceptors (Lipinski definition) is 3. The molecule has 0 atom stereocenters. The normalized spacial score (nSPS) is 10.9. The first-order valence-electron chi connectivity index (χ1n) is 7.28. The Kier molecular flexibility index (Phi) is 3.92. The smallest absolute Gasteiger partial charge is 0.255 e. The number of carbonyl (C=O) groups is 1. The van der Waals surface area contributed by atoms with Gasteiger partial charge >= 0.3 is 0 Å². The summed E-state index contributed by atoms with van der Waals surface area (Å²) in [7, 11) is 0. The van der Waals surface area contributed by atoms with Crippen LogP contribution in [0.2, 0.25) is 0 Å². The van der Waals surface area contributed by atoms with Crippen LogP contribution in [0.15, 0.2) is 70.8 Å². The summed E-state index contributed by atoms with van der Waals surface area (Å²) < 4.78 is 2.87.